The van der Waals surface area contributed by atoms with Gasteiger partial charge in [-0.25, -0.2) is 4.98 Å². The molecule has 1 heterocycles. The fourth-order valence-electron chi connectivity index (χ4n) is 3.20. The molecule has 0 aliphatic carbocycles. The van der Waals surface area contributed by atoms with Crippen molar-refractivity contribution in [2.45, 2.75) is 40.3 Å². The quantitative estimate of drug-likeness (QED) is 0.746. The number of nitrogens with zero attached hydrogens (tertiary/aromatic N) is 2. The molecule has 1 N–H and O–H groups in total. The minimum Gasteiger partial charge on any atom is -0.346 e. The number of carbonyl (C=O) groups is 1. The summed E-state index contributed by atoms with van der Waals surface area (Å²) in [4.78, 5) is 16.8. The average molecular weight is 347 g/mol. The molecule has 0 aliphatic heterocycles. The lowest BCUT2D eigenvalue weighted by Gasteiger charge is -2.17. The van der Waals surface area contributed by atoms with E-state index in [1.54, 1.807) is 6.20 Å². The lowest BCUT2D eigenvalue weighted by atomic mass is 10.00. The standard InChI is InChI=1S/C22H25N3O/c1-15-5-10-21(16(2)13-15)17(3)24-22(26)20-8-6-19(7-9-20)14-25-12-11-23-18(25)4/h5-13,17H,14H2,1-4H3,(H,24,26). The Bertz CT molecular complexity index is 909. The number of amides is 1. The van der Waals surface area contributed by atoms with Gasteiger partial charge in [-0.15, -0.1) is 0 Å². The van der Waals surface area contributed by atoms with E-state index in [1.165, 1.54) is 11.1 Å². The highest BCUT2D eigenvalue weighted by Crippen LogP contribution is 2.19. The minimum atomic E-state index is -0.0529. The predicted octanol–water partition coefficient (Wildman–Crippen LogP) is 4.35. The Balaban J connectivity index is 1.67. The molecule has 1 aromatic heterocycles. The molecule has 0 aliphatic rings. The van der Waals surface area contributed by atoms with Gasteiger partial charge < -0.3 is 9.88 Å². The van der Waals surface area contributed by atoms with Gasteiger partial charge in [0.25, 0.3) is 5.91 Å². The number of carbonyl (C=O) groups excluding carboxylic acids is 1. The van der Waals surface area contributed by atoms with E-state index in [0.717, 1.165) is 23.5 Å². The second-order valence-corrected chi connectivity index (χ2v) is 6.85. The van der Waals surface area contributed by atoms with Gasteiger partial charge in [0, 0.05) is 24.5 Å². The molecule has 0 saturated carbocycles. The van der Waals surface area contributed by atoms with Crippen LogP contribution in [0.15, 0.2) is 54.9 Å². The van der Waals surface area contributed by atoms with Crippen LogP contribution in [0.5, 0.6) is 0 Å². The van der Waals surface area contributed by atoms with E-state index in [4.69, 9.17) is 0 Å². The van der Waals surface area contributed by atoms with Crippen LogP contribution in [0, 0.1) is 20.8 Å². The van der Waals surface area contributed by atoms with E-state index in [1.807, 2.05) is 44.3 Å². The number of aryl methyl sites for hydroxylation is 3. The molecule has 0 fully saturated rings. The second-order valence-electron chi connectivity index (χ2n) is 6.85. The van der Waals surface area contributed by atoms with Crippen molar-refractivity contribution in [2.75, 3.05) is 0 Å². The van der Waals surface area contributed by atoms with Crippen LogP contribution in [0.2, 0.25) is 0 Å². The summed E-state index contributed by atoms with van der Waals surface area (Å²) in [6.07, 6.45) is 3.76. The summed E-state index contributed by atoms with van der Waals surface area (Å²) >= 11 is 0. The highest BCUT2D eigenvalue weighted by atomic mass is 16.1. The summed E-state index contributed by atoms with van der Waals surface area (Å²) in [5.41, 5.74) is 5.39. The van der Waals surface area contributed by atoms with E-state index >= 15 is 0 Å². The molecule has 4 heteroatoms. The maximum atomic E-state index is 12.6. The van der Waals surface area contributed by atoms with Gasteiger partial charge in [-0.05, 0) is 56.5 Å². The van der Waals surface area contributed by atoms with Crippen LogP contribution < -0.4 is 5.32 Å². The van der Waals surface area contributed by atoms with Crippen LogP contribution in [-0.2, 0) is 6.54 Å². The highest BCUT2D eigenvalue weighted by Gasteiger charge is 2.13. The summed E-state index contributed by atoms with van der Waals surface area (Å²) in [6, 6.07) is 14.0. The van der Waals surface area contributed by atoms with E-state index in [2.05, 4.69) is 46.9 Å². The Morgan fingerprint density at radius 2 is 1.85 bits per heavy atom. The van der Waals surface area contributed by atoms with Crippen molar-refractivity contribution in [3.8, 4) is 0 Å². The maximum absolute atomic E-state index is 12.6. The largest absolute Gasteiger partial charge is 0.346 e. The molecular weight excluding hydrogens is 322 g/mol. The third-order valence-electron chi connectivity index (χ3n) is 4.73. The van der Waals surface area contributed by atoms with Gasteiger partial charge in [-0.1, -0.05) is 35.9 Å². The SMILES string of the molecule is Cc1ccc(C(C)NC(=O)c2ccc(Cn3ccnc3C)cc2)c(C)c1. The number of rotatable bonds is 5. The van der Waals surface area contributed by atoms with Gasteiger partial charge in [-0.2, -0.15) is 0 Å². The van der Waals surface area contributed by atoms with Crippen molar-refractivity contribution in [1.29, 1.82) is 0 Å². The molecule has 0 saturated heterocycles. The Kier molecular flexibility index (Phi) is 5.21. The van der Waals surface area contributed by atoms with Crippen LogP contribution in [0.1, 0.15) is 51.4 Å². The van der Waals surface area contributed by atoms with Crippen LogP contribution >= 0.6 is 0 Å². The van der Waals surface area contributed by atoms with Crippen LogP contribution in [-0.4, -0.2) is 15.5 Å². The van der Waals surface area contributed by atoms with E-state index in [9.17, 15) is 4.79 Å². The van der Waals surface area contributed by atoms with Gasteiger partial charge in [0.2, 0.25) is 0 Å². The molecule has 4 nitrogen and oxygen atoms in total. The van der Waals surface area contributed by atoms with Gasteiger partial charge in [0.15, 0.2) is 0 Å². The first kappa shape index (κ1) is 17.9. The topological polar surface area (TPSA) is 46.9 Å². The molecule has 1 atom stereocenters. The van der Waals surface area contributed by atoms with Crippen molar-refractivity contribution in [3.05, 3.63) is 88.5 Å². The Hall–Kier alpha value is -2.88. The molecule has 0 radical (unpaired) electrons. The molecular formula is C22H25N3O. The fraction of sp³-hybridized carbons (Fsp3) is 0.273. The number of imidazole rings is 1. The number of nitrogens with one attached hydrogen (secondary N) is 1. The summed E-state index contributed by atoms with van der Waals surface area (Å²) in [5.74, 6) is 0.928. The highest BCUT2D eigenvalue weighted by molar-refractivity contribution is 5.94. The normalized spacial score (nSPS) is 12.0. The first-order valence-electron chi connectivity index (χ1n) is 8.88. The van der Waals surface area contributed by atoms with Gasteiger partial charge in [-0.3, -0.25) is 4.79 Å². The number of hydrogen-bond donors (Lipinski definition) is 1. The average Bonchev–Trinajstić information content (AvgIpc) is 3.00. The lowest BCUT2D eigenvalue weighted by Crippen LogP contribution is -2.27. The van der Waals surface area contributed by atoms with Crippen LogP contribution in [0.25, 0.3) is 0 Å². The Morgan fingerprint density at radius 1 is 1.12 bits per heavy atom. The van der Waals surface area contributed by atoms with Crippen molar-refractivity contribution >= 4 is 5.91 Å². The Morgan fingerprint density at radius 3 is 2.46 bits per heavy atom. The van der Waals surface area contributed by atoms with E-state index in [0.29, 0.717) is 5.56 Å². The van der Waals surface area contributed by atoms with Gasteiger partial charge in [0.1, 0.15) is 5.82 Å². The maximum Gasteiger partial charge on any atom is 0.251 e. The first-order valence-corrected chi connectivity index (χ1v) is 8.88. The molecule has 1 amide bonds. The zero-order valence-corrected chi connectivity index (χ0v) is 15.8. The van der Waals surface area contributed by atoms with Gasteiger partial charge >= 0.3 is 0 Å². The van der Waals surface area contributed by atoms with Crippen molar-refractivity contribution < 1.29 is 4.79 Å². The molecule has 134 valence electrons. The molecule has 2 aromatic carbocycles. The van der Waals surface area contributed by atoms with E-state index in [-0.39, 0.29) is 11.9 Å². The lowest BCUT2D eigenvalue weighted by molar-refractivity contribution is 0.0940. The number of aromatic nitrogens is 2. The third kappa shape index (κ3) is 4.02. The monoisotopic (exact) mass is 347 g/mol. The van der Waals surface area contributed by atoms with Crippen molar-refractivity contribution in [2.24, 2.45) is 0 Å². The first-order chi connectivity index (χ1) is 12.4. The Labute approximate surface area is 154 Å². The van der Waals surface area contributed by atoms with Crippen LogP contribution in [0.4, 0.5) is 0 Å². The summed E-state index contributed by atoms with van der Waals surface area (Å²) < 4.78 is 2.08. The fourth-order valence-corrected chi connectivity index (χ4v) is 3.20. The summed E-state index contributed by atoms with van der Waals surface area (Å²) in [5, 5.41) is 3.09. The second kappa shape index (κ2) is 7.56. The molecule has 3 aromatic rings. The number of benzene rings is 2. The summed E-state index contributed by atoms with van der Waals surface area (Å²) in [6.45, 7) is 8.92. The van der Waals surface area contributed by atoms with Crippen molar-refractivity contribution in [1.82, 2.24) is 14.9 Å². The molecule has 0 bridgehead atoms. The molecule has 0 spiro atoms. The minimum absolute atomic E-state index is 0.0311. The van der Waals surface area contributed by atoms with E-state index < -0.39 is 0 Å². The molecule has 26 heavy (non-hydrogen) atoms. The molecule has 3 rings (SSSR count). The number of hydrogen-bond acceptors (Lipinski definition) is 2. The van der Waals surface area contributed by atoms with Crippen molar-refractivity contribution in [3.63, 3.8) is 0 Å². The summed E-state index contributed by atoms with van der Waals surface area (Å²) in [7, 11) is 0. The molecule has 1 unspecified atom stereocenters. The zero-order chi connectivity index (χ0) is 18.7. The van der Waals surface area contributed by atoms with Crippen LogP contribution in [0.3, 0.4) is 0 Å². The zero-order valence-electron chi connectivity index (χ0n) is 15.8. The third-order valence-corrected chi connectivity index (χ3v) is 4.73. The van der Waals surface area contributed by atoms with Gasteiger partial charge in [0.05, 0.1) is 6.04 Å². The smallest absolute Gasteiger partial charge is 0.251 e. The predicted molar refractivity (Wildman–Crippen MR) is 104 cm³/mol.